The third-order valence-corrected chi connectivity index (χ3v) is 4.46. The van der Waals surface area contributed by atoms with Gasteiger partial charge in [0.2, 0.25) is 0 Å². The minimum absolute atomic E-state index is 0.631. The number of nitrogens with zero attached hydrogens (tertiary/aromatic N) is 1. The summed E-state index contributed by atoms with van der Waals surface area (Å²) in [5.74, 6) is 0.710. The summed E-state index contributed by atoms with van der Waals surface area (Å²) >= 11 is 0. The maximum atomic E-state index is 3.63. The highest BCUT2D eigenvalue weighted by atomic mass is 15.2. The molecule has 0 radical (unpaired) electrons. The van der Waals surface area contributed by atoms with Gasteiger partial charge in [0.1, 0.15) is 0 Å². The number of rotatable bonds is 2. The molecular formula is C16H24N2. The van der Waals surface area contributed by atoms with Crippen molar-refractivity contribution in [2.75, 3.05) is 24.5 Å². The van der Waals surface area contributed by atoms with Gasteiger partial charge in [-0.25, -0.2) is 0 Å². The molecule has 0 aromatic heterocycles. The molecule has 1 aliphatic carbocycles. The van der Waals surface area contributed by atoms with Crippen LogP contribution in [0, 0.1) is 5.92 Å². The molecule has 2 heteroatoms. The molecule has 1 unspecified atom stereocenters. The van der Waals surface area contributed by atoms with E-state index in [9.17, 15) is 0 Å². The molecule has 1 atom stereocenters. The van der Waals surface area contributed by atoms with Gasteiger partial charge in [-0.2, -0.15) is 0 Å². The molecule has 1 N–H and O–H groups in total. The summed E-state index contributed by atoms with van der Waals surface area (Å²) in [6.07, 6.45) is 3.91. The Balaban J connectivity index is 1.78. The summed E-state index contributed by atoms with van der Waals surface area (Å²) < 4.78 is 0. The van der Waals surface area contributed by atoms with Crippen LogP contribution in [-0.2, 0) is 12.8 Å². The van der Waals surface area contributed by atoms with Gasteiger partial charge >= 0.3 is 0 Å². The summed E-state index contributed by atoms with van der Waals surface area (Å²) in [5, 5.41) is 3.63. The Kier molecular flexibility index (Phi) is 3.29. The van der Waals surface area contributed by atoms with Crippen LogP contribution in [0.3, 0.4) is 0 Å². The van der Waals surface area contributed by atoms with Crippen molar-refractivity contribution >= 4 is 5.69 Å². The van der Waals surface area contributed by atoms with Gasteiger partial charge in [-0.05, 0) is 48.4 Å². The smallest absolute Gasteiger partial charge is 0.0370 e. The summed E-state index contributed by atoms with van der Waals surface area (Å²) in [7, 11) is 0. The monoisotopic (exact) mass is 244 g/mol. The number of nitrogens with one attached hydrogen (secondary N) is 1. The van der Waals surface area contributed by atoms with Crippen molar-refractivity contribution in [3.63, 3.8) is 0 Å². The second-order valence-electron chi connectivity index (χ2n) is 6.06. The van der Waals surface area contributed by atoms with Gasteiger partial charge in [0.15, 0.2) is 0 Å². The van der Waals surface area contributed by atoms with Crippen LogP contribution in [0.4, 0.5) is 5.69 Å². The lowest BCUT2D eigenvalue weighted by atomic mass is 10.0. The molecule has 1 aromatic rings. The van der Waals surface area contributed by atoms with E-state index in [1.54, 1.807) is 11.1 Å². The quantitative estimate of drug-likeness (QED) is 0.860. The fourth-order valence-corrected chi connectivity index (χ4v) is 3.21. The Morgan fingerprint density at radius 1 is 1.22 bits per heavy atom. The second kappa shape index (κ2) is 4.93. The molecule has 1 saturated heterocycles. The maximum absolute atomic E-state index is 3.63. The molecule has 3 rings (SSSR count). The van der Waals surface area contributed by atoms with Gasteiger partial charge < -0.3 is 10.2 Å². The molecule has 1 fully saturated rings. The van der Waals surface area contributed by atoms with E-state index in [0.29, 0.717) is 12.0 Å². The highest BCUT2D eigenvalue weighted by Crippen LogP contribution is 2.27. The van der Waals surface area contributed by atoms with Gasteiger partial charge in [0.05, 0.1) is 0 Å². The molecule has 2 nitrogen and oxygen atoms in total. The Labute approximate surface area is 110 Å². The number of anilines is 1. The van der Waals surface area contributed by atoms with Crippen LogP contribution in [0.5, 0.6) is 0 Å². The average molecular weight is 244 g/mol. The molecule has 0 bridgehead atoms. The van der Waals surface area contributed by atoms with Crippen molar-refractivity contribution in [1.29, 1.82) is 0 Å². The molecular weight excluding hydrogens is 220 g/mol. The van der Waals surface area contributed by atoms with Crippen LogP contribution >= 0.6 is 0 Å². The maximum Gasteiger partial charge on any atom is 0.0370 e. The molecule has 2 aliphatic rings. The highest BCUT2D eigenvalue weighted by Gasteiger charge is 2.22. The molecule has 1 aliphatic heterocycles. The van der Waals surface area contributed by atoms with Gasteiger partial charge in [-0.3, -0.25) is 0 Å². The lowest BCUT2D eigenvalue weighted by molar-refractivity contribution is 0.368. The summed E-state index contributed by atoms with van der Waals surface area (Å²) in [6, 6.07) is 7.74. The van der Waals surface area contributed by atoms with Crippen LogP contribution in [0.1, 0.15) is 31.4 Å². The Morgan fingerprint density at radius 3 is 2.89 bits per heavy atom. The number of hydrogen-bond acceptors (Lipinski definition) is 2. The van der Waals surface area contributed by atoms with Crippen LogP contribution in [0.25, 0.3) is 0 Å². The lowest BCUT2D eigenvalue weighted by Crippen LogP contribution is -2.53. The standard InChI is InChI=1S/C16H24N2/c1-12(2)16-11-18(9-8-17-16)15-7-6-13-4-3-5-14(13)10-15/h6-7,10,12,16-17H,3-5,8-9,11H2,1-2H3. The first kappa shape index (κ1) is 12.0. The van der Waals surface area contributed by atoms with Crippen molar-refractivity contribution in [2.45, 2.75) is 39.2 Å². The summed E-state index contributed by atoms with van der Waals surface area (Å²) in [4.78, 5) is 2.56. The molecule has 0 amide bonds. The first-order chi connectivity index (χ1) is 8.74. The van der Waals surface area contributed by atoms with Crippen molar-refractivity contribution in [2.24, 2.45) is 5.92 Å². The van der Waals surface area contributed by atoms with E-state index in [4.69, 9.17) is 0 Å². The Morgan fingerprint density at radius 2 is 2.06 bits per heavy atom. The van der Waals surface area contributed by atoms with Crippen molar-refractivity contribution in [1.82, 2.24) is 5.32 Å². The zero-order valence-electron chi connectivity index (χ0n) is 11.6. The first-order valence-electron chi connectivity index (χ1n) is 7.34. The minimum atomic E-state index is 0.631. The highest BCUT2D eigenvalue weighted by molar-refractivity contribution is 5.52. The zero-order chi connectivity index (χ0) is 12.5. The normalized spacial score (nSPS) is 23.5. The van der Waals surface area contributed by atoms with Gasteiger partial charge in [-0.15, -0.1) is 0 Å². The van der Waals surface area contributed by atoms with Crippen molar-refractivity contribution in [3.8, 4) is 0 Å². The molecule has 1 heterocycles. The van der Waals surface area contributed by atoms with E-state index in [1.807, 2.05) is 0 Å². The summed E-state index contributed by atoms with van der Waals surface area (Å²) in [5.41, 5.74) is 4.60. The van der Waals surface area contributed by atoms with Crippen LogP contribution in [0.15, 0.2) is 18.2 Å². The van der Waals surface area contributed by atoms with E-state index in [1.165, 1.54) is 24.9 Å². The van der Waals surface area contributed by atoms with Crippen molar-refractivity contribution in [3.05, 3.63) is 29.3 Å². The minimum Gasteiger partial charge on any atom is -0.369 e. The average Bonchev–Trinajstić information content (AvgIpc) is 2.86. The summed E-state index contributed by atoms with van der Waals surface area (Å²) in [6.45, 7) is 8.02. The molecule has 0 spiro atoms. The number of hydrogen-bond donors (Lipinski definition) is 1. The zero-order valence-corrected chi connectivity index (χ0v) is 11.6. The van der Waals surface area contributed by atoms with Crippen LogP contribution in [0.2, 0.25) is 0 Å². The molecule has 98 valence electrons. The fraction of sp³-hybridized carbons (Fsp3) is 0.625. The van der Waals surface area contributed by atoms with Gasteiger partial charge in [-0.1, -0.05) is 19.9 Å². The lowest BCUT2D eigenvalue weighted by Gasteiger charge is -2.37. The van der Waals surface area contributed by atoms with Gasteiger partial charge in [0, 0.05) is 31.4 Å². The Bertz CT molecular complexity index is 425. The third-order valence-electron chi connectivity index (χ3n) is 4.46. The number of benzene rings is 1. The topological polar surface area (TPSA) is 15.3 Å². The number of piperazine rings is 1. The Hall–Kier alpha value is -1.02. The van der Waals surface area contributed by atoms with E-state index in [2.05, 4.69) is 42.3 Å². The fourth-order valence-electron chi connectivity index (χ4n) is 3.21. The largest absolute Gasteiger partial charge is 0.369 e. The first-order valence-corrected chi connectivity index (χ1v) is 7.34. The molecule has 18 heavy (non-hydrogen) atoms. The number of fused-ring (bicyclic) bond motifs is 1. The molecule has 0 saturated carbocycles. The number of aryl methyl sites for hydroxylation is 2. The SMILES string of the molecule is CC(C)C1CN(c2ccc3c(c2)CCC3)CCN1. The molecule has 1 aromatic carbocycles. The predicted octanol–water partition coefficient (Wildman–Crippen LogP) is 2.61. The van der Waals surface area contributed by atoms with Crippen molar-refractivity contribution < 1.29 is 0 Å². The predicted molar refractivity (Wildman–Crippen MR) is 77.3 cm³/mol. The second-order valence-corrected chi connectivity index (χ2v) is 6.06. The van der Waals surface area contributed by atoms with E-state index in [0.717, 1.165) is 19.6 Å². The third kappa shape index (κ3) is 2.26. The van der Waals surface area contributed by atoms with E-state index in [-0.39, 0.29) is 0 Å². The van der Waals surface area contributed by atoms with Crippen LogP contribution in [-0.4, -0.2) is 25.7 Å². The van der Waals surface area contributed by atoms with Gasteiger partial charge in [0.25, 0.3) is 0 Å². The van der Waals surface area contributed by atoms with Crippen LogP contribution < -0.4 is 10.2 Å². The van der Waals surface area contributed by atoms with E-state index >= 15 is 0 Å². The van der Waals surface area contributed by atoms with E-state index < -0.39 is 0 Å².